The molecule has 1 atom stereocenters. The molecule has 4 amide bonds. The maximum atomic E-state index is 12.7. The number of piperazine rings is 1. The molecule has 0 unspecified atom stereocenters. The standard InChI is InChI=1S/C20H25N5O3S/c1-3-20(2)18(27)25(19(28)22-20)13-17(26)24-10-8-23(9-11-24)12-16-21-14-6-4-5-7-15(14)29-16/h4-7H,3,8-13H2,1-2H3,(H,22,28)/p+1/t20-/m1/s1. The van der Waals surface area contributed by atoms with Crippen LogP contribution >= 0.6 is 11.3 Å². The second-order valence-corrected chi connectivity index (χ2v) is 9.01. The highest BCUT2D eigenvalue weighted by Crippen LogP contribution is 2.21. The lowest BCUT2D eigenvalue weighted by molar-refractivity contribution is -0.917. The minimum Gasteiger partial charge on any atom is -0.330 e. The molecule has 0 spiro atoms. The Morgan fingerprint density at radius 2 is 2.00 bits per heavy atom. The van der Waals surface area contributed by atoms with E-state index in [-0.39, 0.29) is 18.4 Å². The molecule has 1 aromatic carbocycles. The van der Waals surface area contributed by atoms with Gasteiger partial charge in [0.15, 0.2) is 0 Å². The van der Waals surface area contributed by atoms with Crippen LogP contribution in [0.3, 0.4) is 0 Å². The predicted molar refractivity (Wildman–Crippen MR) is 110 cm³/mol. The van der Waals surface area contributed by atoms with Crippen LogP contribution in [0.5, 0.6) is 0 Å². The van der Waals surface area contributed by atoms with Crippen molar-refractivity contribution >= 4 is 39.4 Å². The average Bonchev–Trinajstić information content (AvgIpc) is 3.22. The van der Waals surface area contributed by atoms with E-state index in [2.05, 4.69) is 11.4 Å². The normalized spacial score (nSPS) is 23.1. The number of nitrogens with one attached hydrogen (secondary N) is 2. The summed E-state index contributed by atoms with van der Waals surface area (Å²) >= 11 is 1.72. The number of urea groups is 1. The predicted octanol–water partition coefficient (Wildman–Crippen LogP) is 0.244. The number of amides is 4. The zero-order chi connectivity index (χ0) is 20.6. The van der Waals surface area contributed by atoms with Gasteiger partial charge in [-0.15, -0.1) is 11.3 Å². The topological polar surface area (TPSA) is 87.1 Å². The first-order valence-corrected chi connectivity index (χ1v) is 10.8. The number of para-hydroxylation sites is 1. The van der Waals surface area contributed by atoms with Crippen molar-refractivity contribution in [3.63, 3.8) is 0 Å². The number of nitrogens with zero attached hydrogens (tertiary/aromatic N) is 3. The van der Waals surface area contributed by atoms with Crippen LogP contribution in [0.25, 0.3) is 10.2 Å². The van der Waals surface area contributed by atoms with E-state index in [0.29, 0.717) is 19.5 Å². The van der Waals surface area contributed by atoms with Gasteiger partial charge >= 0.3 is 6.03 Å². The van der Waals surface area contributed by atoms with E-state index in [1.165, 1.54) is 9.60 Å². The number of rotatable bonds is 5. The van der Waals surface area contributed by atoms with Crippen LogP contribution in [0.15, 0.2) is 24.3 Å². The number of hydrogen-bond donors (Lipinski definition) is 2. The molecule has 2 aromatic rings. The van der Waals surface area contributed by atoms with E-state index in [4.69, 9.17) is 4.98 Å². The third kappa shape index (κ3) is 3.84. The van der Waals surface area contributed by atoms with Crippen molar-refractivity contribution in [3.05, 3.63) is 29.3 Å². The summed E-state index contributed by atoms with van der Waals surface area (Å²) in [4.78, 5) is 46.1. The summed E-state index contributed by atoms with van der Waals surface area (Å²) in [5.41, 5.74) is 0.130. The lowest BCUT2D eigenvalue weighted by atomic mass is 9.99. The SMILES string of the molecule is CC[C@@]1(C)NC(=O)N(CC(=O)N2CC[NH+](Cc3nc4ccccc4s3)CC2)C1=O. The summed E-state index contributed by atoms with van der Waals surface area (Å²) in [5, 5.41) is 3.80. The monoisotopic (exact) mass is 416 g/mol. The van der Waals surface area contributed by atoms with Crippen LogP contribution in [0, 0.1) is 0 Å². The van der Waals surface area contributed by atoms with Gasteiger partial charge in [-0.3, -0.25) is 14.5 Å². The van der Waals surface area contributed by atoms with Crippen molar-refractivity contribution < 1.29 is 19.3 Å². The zero-order valence-corrected chi connectivity index (χ0v) is 17.6. The third-order valence-corrected chi connectivity index (χ3v) is 6.94. The van der Waals surface area contributed by atoms with Gasteiger partial charge in [0, 0.05) is 0 Å². The van der Waals surface area contributed by atoms with Crippen molar-refractivity contribution in [2.75, 3.05) is 32.7 Å². The Balaban J connectivity index is 1.30. The first-order valence-electron chi connectivity index (χ1n) is 9.99. The molecular weight excluding hydrogens is 390 g/mol. The van der Waals surface area contributed by atoms with E-state index < -0.39 is 11.6 Å². The fourth-order valence-electron chi connectivity index (χ4n) is 3.82. The van der Waals surface area contributed by atoms with Crippen LogP contribution < -0.4 is 10.2 Å². The molecule has 8 nitrogen and oxygen atoms in total. The minimum atomic E-state index is -0.905. The van der Waals surface area contributed by atoms with Gasteiger partial charge in [-0.25, -0.2) is 9.78 Å². The van der Waals surface area contributed by atoms with Gasteiger partial charge in [-0.1, -0.05) is 19.1 Å². The highest BCUT2D eigenvalue weighted by molar-refractivity contribution is 7.18. The Hall–Kier alpha value is -2.52. The van der Waals surface area contributed by atoms with Crippen LogP contribution in [0.2, 0.25) is 0 Å². The fourth-order valence-corrected chi connectivity index (χ4v) is 4.86. The number of benzene rings is 1. The molecule has 1 aromatic heterocycles. The maximum absolute atomic E-state index is 12.7. The first kappa shape index (κ1) is 19.8. The number of carbonyl (C=O) groups excluding carboxylic acids is 3. The first-order chi connectivity index (χ1) is 13.9. The highest BCUT2D eigenvalue weighted by atomic mass is 32.1. The van der Waals surface area contributed by atoms with Gasteiger partial charge in [0.05, 0.1) is 36.4 Å². The third-order valence-electron chi connectivity index (χ3n) is 5.91. The number of thiazole rings is 1. The molecule has 29 heavy (non-hydrogen) atoms. The highest BCUT2D eigenvalue weighted by Gasteiger charge is 2.47. The molecule has 2 fully saturated rings. The Morgan fingerprint density at radius 3 is 2.66 bits per heavy atom. The molecule has 2 aliphatic heterocycles. The molecule has 9 heteroatoms. The van der Waals surface area contributed by atoms with Crippen molar-refractivity contribution in [1.82, 2.24) is 20.1 Å². The van der Waals surface area contributed by atoms with Crippen LogP contribution in [0.4, 0.5) is 4.79 Å². The number of quaternary nitrogens is 1. The molecule has 154 valence electrons. The largest absolute Gasteiger partial charge is 0.330 e. The molecule has 0 bridgehead atoms. The van der Waals surface area contributed by atoms with Gasteiger partial charge < -0.3 is 15.1 Å². The van der Waals surface area contributed by atoms with E-state index in [0.717, 1.165) is 35.1 Å². The van der Waals surface area contributed by atoms with Crippen LogP contribution in [-0.4, -0.2) is 70.9 Å². The second kappa shape index (κ2) is 7.72. The Morgan fingerprint density at radius 1 is 1.28 bits per heavy atom. The molecule has 4 rings (SSSR count). The van der Waals surface area contributed by atoms with E-state index in [1.807, 2.05) is 25.1 Å². The van der Waals surface area contributed by atoms with Crippen LogP contribution in [-0.2, 0) is 16.1 Å². The average molecular weight is 417 g/mol. The number of carbonyl (C=O) groups is 3. The van der Waals surface area contributed by atoms with Gasteiger partial charge in [0.25, 0.3) is 5.91 Å². The summed E-state index contributed by atoms with van der Waals surface area (Å²) in [7, 11) is 0. The van der Waals surface area contributed by atoms with Crippen LogP contribution in [0.1, 0.15) is 25.3 Å². The summed E-state index contributed by atoms with van der Waals surface area (Å²) < 4.78 is 1.20. The van der Waals surface area contributed by atoms with Gasteiger partial charge in [0.2, 0.25) is 5.91 Å². The molecule has 2 N–H and O–H groups in total. The zero-order valence-electron chi connectivity index (χ0n) is 16.7. The smallest absolute Gasteiger partial charge is 0.325 e. The molecule has 3 heterocycles. The lowest BCUT2D eigenvalue weighted by Crippen LogP contribution is -3.13. The van der Waals surface area contributed by atoms with Crippen molar-refractivity contribution in [2.24, 2.45) is 0 Å². The summed E-state index contributed by atoms with van der Waals surface area (Å²) in [5.74, 6) is -0.494. The molecular formula is C20H26N5O3S+. The lowest BCUT2D eigenvalue weighted by Gasteiger charge is -2.32. The molecule has 0 aliphatic carbocycles. The van der Waals surface area contributed by atoms with Crippen molar-refractivity contribution in [2.45, 2.75) is 32.4 Å². The molecule has 0 radical (unpaired) electrons. The Bertz CT molecular complexity index is 919. The summed E-state index contributed by atoms with van der Waals surface area (Å²) in [6.07, 6.45) is 0.496. The van der Waals surface area contributed by atoms with E-state index in [1.54, 1.807) is 23.2 Å². The molecule has 0 saturated carbocycles. The fraction of sp³-hybridized carbons (Fsp3) is 0.500. The second-order valence-electron chi connectivity index (χ2n) is 7.89. The van der Waals surface area contributed by atoms with Gasteiger partial charge in [-0.2, -0.15) is 0 Å². The number of fused-ring (bicyclic) bond motifs is 1. The quantitative estimate of drug-likeness (QED) is 0.684. The number of aromatic nitrogens is 1. The maximum Gasteiger partial charge on any atom is 0.325 e. The number of imide groups is 1. The van der Waals surface area contributed by atoms with E-state index >= 15 is 0 Å². The molecule has 2 saturated heterocycles. The Labute approximate surface area is 173 Å². The van der Waals surface area contributed by atoms with Gasteiger partial charge in [0.1, 0.15) is 23.6 Å². The van der Waals surface area contributed by atoms with E-state index in [9.17, 15) is 14.4 Å². The van der Waals surface area contributed by atoms with Gasteiger partial charge in [-0.05, 0) is 25.5 Å². The minimum absolute atomic E-state index is 0.173. The van der Waals surface area contributed by atoms with Crippen molar-refractivity contribution in [3.8, 4) is 0 Å². The number of hydrogen-bond acceptors (Lipinski definition) is 5. The summed E-state index contributed by atoms with van der Waals surface area (Å²) in [6, 6.07) is 7.66. The summed E-state index contributed by atoms with van der Waals surface area (Å²) in [6.45, 7) is 7.10. The molecule has 2 aliphatic rings. The Kier molecular flexibility index (Phi) is 5.26. The van der Waals surface area contributed by atoms with Crippen molar-refractivity contribution in [1.29, 1.82) is 0 Å².